The molecule has 0 radical (unpaired) electrons. The number of nitrogens with one attached hydrogen (secondary N) is 1. The summed E-state index contributed by atoms with van der Waals surface area (Å²) in [5.74, 6) is -0.316. The van der Waals surface area contributed by atoms with Crippen molar-refractivity contribution in [2.24, 2.45) is 7.05 Å². The molecular formula is C12H16N2O2. The van der Waals surface area contributed by atoms with E-state index < -0.39 is 0 Å². The Morgan fingerprint density at radius 3 is 2.88 bits per heavy atom. The summed E-state index contributed by atoms with van der Waals surface area (Å²) >= 11 is 0. The SMILES string of the molecule is CC(C)NCc1ccc2c(c1)oc(=O)n2C. The van der Waals surface area contributed by atoms with E-state index in [2.05, 4.69) is 19.2 Å². The predicted molar refractivity (Wildman–Crippen MR) is 63.4 cm³/mol. The number of benzene rings is 1. The van der Waals surface area contributed by atoms with Crippen molar-refractivity contribution in [3.05, 3.63) is 34.3 Å². The lowest BCUT2D eigenvalue weighted by Gasteiger charge is -2.07. The summed E-state index contributed by atoms with van der Waals surface area (Å²) in [6.07, 6.45) is 0. The molecule has 16 heavy (non-hydrogen) atoms. The van der Waals surface area contributed by atoms with Crippen LogP contribution in [0.1, 0.15) is 19.4 Å². The first-order valence-electron chi connectivity index (χ1n) is 5.40. The summed E-state index contributed by atoms with van der Waals surface area (Å²) in [5.41, 5.74) is 2.60. The van der Waals surface area contributed by atoms with Crippen molar-refractivity contribution >= 4 is 11.1 Å². The van der Waals surface area contributed by atoms with Crippen LogP contribution in [-0.4, -0.2) is 10.6 Å². The number of aryl methyl sites for hydroxylation is 1. The normalized spacial score (nSPS) is 11.5. The van der Waals surface area contributed by atoms with Gasteiger partial charge in [0.15, 0.2) is 5.58 Å². The number of hydrogen-bond acceptors (Lipinski definition) is 3. The minimum absolute atomic E-state index is 0.316. The van der Waals surface area contributed by atoms with Gasteiger partial charge in [-0.05, 0) is 17.7 Å². The Morgan fingerprint density at radius 1 is 1.44 bits per heavy atom. The van der Waals surface area contributed by atoms with Crippen molar-refractivity contribution < 1.29 is 4.42 Å². The van der Waals surface area contributed by atoms with Gasteiger partial charge >= 0.3 is 5.76 Å². The maximum absolute atomic E-state index is 11.3. The Labute approximate surface area is 93.9 Å². The zero-order valence-electron chi connectivity index (χ0n) is 9.78. The van der Waals surface area contributed by atoms with Gasteiger partial charge < -0.3 is 9.73 Å². The van der Waals surface area contributed by atoms with Crippen LogP contribution in [0.25, 0.3) is 11.1 Å². The van der Waals surface area contributed by atoms with Gasteiger partial charge in [-0.2, -0.15) is 0 Å². The summed E-state index contributed by atoms with van der Waals surface area (Å²) < 4.78 is 6.63. The maximum Gasteiger partial charge on any atom is 0.419 e. The molecule has 0 saturated carbocycles. The molecule has 1 N–H and O–H groups in total. The molecule has 4 heteroatoms. The quantitative estimate of drug-likeness (QED) is 0.855. The maximum atomic E-state index is 11.3. The highest BCUT2D eigenvalue weighted by atomic mass is 16.4. The smallest absolute Gasteiger partial charge is 0.408 e. The fourth-order valence-corrected chi connectivity index (χ4v) is 1.61. The van der Waals surface area contributed by atoms with Crippen molar-refractivity contribution in [2.75, 3.05) is 0 Å². The molecular weight excluding hydrogens is 204 g/mol. The minimum atomic E-state index is -0.316. The lowest BCUT2D eigenvalue weighted by atomic mass is 10.2. The minimum Gasteiger partial charge on any atom is -0.408 e. The van der Waals surface area contributed by atoms with Crippen LogP contribution in [0.3, 0.4) is 0 Å². The molecule has 1 heterocycles. The third kappa shape index (κ3) is 2.02. The molecule has 0 unspecified atom stereocenters. The molecule has 0 bridgehead atoms. The summed E-state index contributed by atoms with van der Waals surface area (Å²) in [6.45, 7) is 4.98. The van der Waals surface area contributed by atoms with Crippen LogP contribution in [0.4, 0.5) is 0 Å². The van der Waals surface area contributed by atoms with E-state index >= 15 is 0 Å². The van der Waals surface area contributed by atoms with Crippen LogP contribution >= 0.6 is 0 Å². The van der Waals surface area contributed by atoms with Gasteiger partial charge in [0, 0.05) is 19.6 Å². The molecule has 0 spiro atoms. The van der Waals surface area contributed by atoms with Gasteiger partial charge in [0.05, 0.1) is 5.52 Å². The molecule has 0 amide bonds. The number of oxazole rings is 1. The van der Waals surface area contributed by atoms with E-state index in [0.29, 0.717) is 11.6 Å². The highest BCUT2D eigenvalue weighted by Crippen LogP contribution is 2.14. The summed E-state index contributed by atoms with van der Waals surface area (Å²) in [4.78, 5) is 11.3. The Morgan fingerprint density at radius 2 is 2.19 bits per heavy atom. The average Bonchev–Trinajstić information content (AvgIpc) is 2.52. The predicted octanol–water partition coefficient (Wildman–Crippen LogP) is 1.63. The van der Waals surface area contributed by atoms with Crippen LogP contribution in [-0.2, 0) is 13.6 Å². The summed E-state index contributed by atoms with van der Waals surface area (Å²) in [6, 6.07) is 6.27. The first-order chi connectivity index (χ1) is 7.58. The largest absolute Gasteiger partial charge is 0.419 e. The van der Waals surface area contributed by atoms with E-state index in [1.54, 1.807) is 7.05 Å². The molecule has 86 valence electrons. The molecule has 0 saturated heterocycles. The lowest BCUT2D eigenvalue weighted by Crippen LogP contribution is -2.21. The molecule has 2 aromatic rings. The molecule has 0 atom stereocenters. The van der Waals surface area contributed by atoms with Crippen molar-refractivity contribution in [3.8, 4) is 0 Å². The van der Waals surface area contributed by atoms with Crippen LogP contribution < -0.4 is 11.1 Å². The zero-order valence-corrected chi connectivity index (χ0v) is 9.78. The van der Waals surface area contributed by atoms with Gasteiger partial charge in [0.2, 0.25) is 0 Å². The Hall–Kier alpha value is -1.55. The second-order valence-electron chi connectivity index (χ2n) is 4.26. The van der Waals surface area contributed by atoms with E-state index in [9.17, 15) is 4.79 Å². The third-order valence-electron chi connectivity index (χ3n) is 2.57. The number of rotatable bonds is 3. The zero-order chi connectivity index (χ0) is 11.7. The molecule has 0 aliphatic carbocycles. The fraction of sp³-hybridized carbons (Fsp3) is 0.417. The summed E-state index contributed by atoms with van der Waals surface area (Å²) in [7, 11) is 1.71. The molecule has 0 fully saturated rings. The number of nitrogens with zero attached hydrogens (tertiary/aromatic N) is 1. The Kier molecular flexibility index (Phi) is 2.83. The highest BCUT2D eigenvalue weighted by Gasteiger charge is 2.06. The van der Waals surface area contributed by atoms with Gasteiger partial charge in [-0.1, -0.05) is 19.9 Å². The Balaban J connectivity index is 2.33. The molecule has 2 rings (SSSR count). The van der Waals surface area contributed by atoms with E-state index in [1.807, 2.05) is 18.2 Å². The van der Waals surface area contributed by atoms with Gasteiger partial charge in [-0.25, -0.2) is 4.79 Å². The lowest BCUT2D eigenvalue weighted by molar-refractivity contribution is 0.527. The number of fused-ring (bicyclic) bond motifs is 1. The number of aromatic nitrogens is 1. The van der Waals surface area contributed by atoms with Crippen molar-refractivity contribution in [2.45, 2.75) is 26.4 Å². The van der Waals surface area contributed by atoms with E-state index in [1.165, 1.54) is 4.57 Å². The fourth-order valence-electron chi connectivity index (χ4n) is 1.61. The topological polar surface area (TPSA) is 47.2 Å². The highest BCUT2D eigenvalue weighted by molar-refractivity contribution is 5.73. The van der Waals surface area contributed by atoms with Gasteiger partial charge in [0.1, 0.15) is 0 Å². The second kappa shape index (κ2) is 4.14. The van der Waals surface area contributed by atoms with Gasteiger partial charge in [-0.3, -0.25) is 4.57 Å². The van der Waals surface area contributed by atoms with Crippen molar-refractivity contribution in [1.29, 1.82) is 0 Å². The first kappa shape index (κ1) is 11.0. The average molecular weight is 220 g/mol. The van der Waals surface area contributed by atoms with Gasteiger partial charge in [-0.15, -0.1) is 0 Å². The Bertz CT molecular complexity index is 552. The monoisotopic (exact) mass is 220 g/mol. The second-order valence-corrected chi connectivity index (χ2v) is 4.26. The number of hydrogen-bond donors (Lipinski definition) is 1. The van der Waals surface area contributed by atoms with Crippen LogP contribution in [0, 0.1) is 0 Å². The first-order valence-corrected chi connectivity index (χ1v) is 5.40. The molecule has 0 aliphatic rings. The molecule has 1 aromatic heterocycles. The van der Waals surface area contributed by atoms with Crippen molar-refractivity contribution in [3.63, 3.8) is 0 Å². The van der Waals surface area contributed by atoms with E-state index in [-0.39, 0.29) is 5.76 Å². The summed E-state index contributed by atoms with van der Waals surface area (Å²) in [5, 5.41) is 3.32. The van der Waals surface area contributed by atoms with E-state index in [0.717, 1.165) is 17.6 Å². The van der Waals surface area contributed by atoms with Crippen LogP contribution in [0.5, 0.6) is 0 Å². The van der Waals surface area contributed by atoms with Crippen LogP contribution in [0.2, 0.25) is 0 Å². The molecule has 0 aliphatic heterocycles. The van der Waals surface area contributed by atoms with Gasteiger partial charge in [0.25, 0.3) is 0 Å². The van der Waals surface area contributed by atoms with Crippen molar-refractivity contribution in [1.82, 2.24) is 9.88 Å². The van der Waals surface area contributed by atoms with E-state index in [4.69, 9.17) is 4.42 Å². The standard InChI is InChI=1S/C12H16N2O2/c1-8(2)13-7-9-4-5-10-11(6-9)16-12(15)14(10)3/h4-6,8,13H,7H2,1-3H3. The third-order valence-corrected chi connectivity index (χ3v) is 2.57. The molecule has 1 aromatic carbocycles. The molecule has 4 nitrogen and oxygen atoms in total. The van der Waals surface area contributed by atoms with Crippen LogP contribution in [0.15, 0.2) is 27.4 Å².